The summed E-state index contributed by atoms with van der Waals surface area (Å²) in [6, 6.07) is 15.0. The molecule has 3 N–H and O–H groups in total. The molecule has 1 atom stereocenters. The molecule has 2 aliphatic rings. The zero-order valence-corrected chi connectivity index (χ0v) is 22.3. The maximum absolute atomic E-state index is 13.2. The number of amides is 2. The number of likely N-dealkylation sites (tertiary alicyclic amines) is 1. The average molecular weight is 525 g/mol. The Kier molecular flexibility index (Phi) is 7.54. The number of imidazole rings is 1. The second kappa shape index (κ2) is 11.5. The molecular formula is C31H36N6O2. The van der Waals surface area contributed by atoms with Crippen LogP contribution in [0.1, 0.15) is 65.8 Å². The summed E-state index contributed by atoms with van der Waals surface area (Å²) in [7, 11) is 0. The van der Waals surface area contributed by atoms with Crippen LogP contribution in [0, 0.1) is 11.8 Å². The van der Waals surface area contributed by atoms with Crippen molar-refractivity contribution < 1.29 is 9.59 Å². The summed E-state index contributed by atoms with van der Waals surface area (Å²) >= 11 is 0. The number of para-hydroxylation sites is 1. The standard InChI is InChI=1S/C31H36N6O2/c38-29(33-17-22-10-7-15-37(20-22)19-21-8-2-1-3-9-21)25-13-6-14-26-28(25)35-31(34-26)36-30(39)27-16-23-11-4-5-12-24(23)18-32-27/h4-6,11-14,16,18,21-22H,1-3,7-10,15,17,19-20H2,(H,33,38)(H2,34,35,36,39)/t22-/m1/s1. The van der Waals surface area contributed by atoms with Crippen LogP contribution in [0.5, 0.6) is 0 Å². The molecule has 6 rings (SSSR count). The Balaban J connectivity index is 1.08. The SMILES string of the molecule is O=C(Nc1nc2c(C(=O)NC[C@H]3CCCN(CC4CCCCC4)C3)cccc2[nH]1)c1cc2ccccc2cn1. The Hall–Kier alpha value is -3.78. The van der Waals surface area contributed by atoms with Gasteiger partial charge in [0.1, 0.15) is 11.2 Å². The molecule has 8 heteroatoms. The highest BCUT2D eigenvalue weighted by atomic mass is 16.2. The lowest BCUT2D eigenvalue weighted by Crippen LogP contribution is -2.43. The average Bonchev–Trinajstić information content (AvgIpc) is 3.39. The van der Waals surface area contributed by atoms with Crippen molar-refractivity contribution in [2.45, 2.75) is 44.9 Å². The third-order valence-electron chi connectivity index (χ3n) is 8.25. The molecule has 0 unspecified atom stereocenters. The molecule has 202 valence electrons. The number of hydrogen-bond acceptors (Lipinski definition) is 5. The Morgan fingerprint density at radius 2 is 1.74 bits per heavy atom. The minimum atomic E-state index is -0.360. The van der Waals surface area contributed by atoms with E-state index in [4.69, 9.17) is 0 Å². The van der Waals surface area contributed by atoms with Crippen molar-refractivity contribution in [3.05, 3.63) is 66.0 Å². The normalized spacial score (nSPS) is 18.8. The number of nitrogens with one attached hydrogen (secondary N) is 3. The summed E-state index contributed by atoms with van der Waals surface area (Å²) in [6.07, 6.45) is 10.9. The number of H-pyrrole nitrogens is 1. The second-order valence-electron chi connectivity index (χ2n) is 11.1. The molecule has 1 aliphatic carbocycles. The van der Waals surface area contributed by atoms with Crippen molar-refractivity contribution in [3.8, 4) is 0 Å². The van der Waals surface area contributed by atoms with Gasteiger partial charge in [-0.25, -0.2) is 4.98 Å². The zero-order chi connectivity index (χ0) is 26.6. The molecule has 0 radical (unpaired) electrons. The maximum Gasteiger partial charge on any atom is 0.276 e. The van der Waals surface area contributed by atoms with Crippen molar-refractivity contribution in [2.24, 2.45) is 11.8 Å². The van der Waals surface area contributed by atoms with E-state index in [-0.39, 0.29) is 17.8 Å². The highest BCUT2D eigenvalue weighted by molar-refractivity contribution is 6.07. The van der Waals surface area contributed by atoms with Crippen LogP contribution in [-0.4, -0.2) is 57.8 Å². The smallest absolute Gasteiger partial charge is 0.276 e. The van der Waals surface area contributed by atoms with Gasteiger partial charge in [-0.1, -0.05) is 49.6 Å². The quantitative estimate of drug-likeness (QED) is 0.301. The van der Waals surface area contributed by atoms with Gasteiger partial charge in [-0.3, -0.25) is 19.9 Å². The number of aromatic nitrogens is 3. The minimum Gasteiger partial charge on any atom is -0.352 e. The number of piperidine rings is 1. The summed E-state index contributed by atoms with van der Waals surface area (Å²) < 4.78 is 0. The first-order chi connectivity index (χ1) is 19.1. The van der Waals surface area contributed by atoms with Gasteiger partial charge in [-0.15, -0.1) is 0 Å². The van der Waals surface area contributed by atoms with Crippen LogP contribution in [0.25, 0.3) is 21.8 Å². The fourth-order valence-corrected chi connectivity index (χ4v) is 6.20. The van der Waals surface area contributed by atoms with Gasteiger partial charge < -0.3 is 15.2 Å². The molecule has 4 aromatic rings. The number of rotatable bonds is 7. The van der Waals surface area contributed by atoms with E-state index in [0.717, 1.165) is 29.7 Å². The van der Waals surface area contributed by atoms with E-state index < -0.39 is 0 Å². The maximum atomic E-state index is 13.2. The lowest BCUT2D eigenvalue weighted by molar-refractivity contribution is 0.0924. The Bertz CT molecular complexity index is 1470. The molecule has 3 heterocycles. The molecular weight excluding hydrogens is 488 g/mol. The van der Waals surface area contributed by atoms with Crippen LogP contribution in [0.2, 0.25) is 0 Å². The number of carbonyl (C=O) groups is 2. The van der Waals surface area contributed by atoms with Gasteiger partial charge in [0.05, 0.1) is 11.1 Å². The first kappa shape index (κ1) is 25.5. The summed E-state index contributed by atoms with van der Waals surface area (Å²) in [5.41, 5.74) is 2.04. The van der Waals surface area contributed by atoms with Gasteiger partial charge in [0.2, 0.25) is 5.95 Å². The number of nitrogens with zero attached hydrogens (tertiary/aromatic N) is 3. The fraction of sp³-hybridized carbons (Fsp3) is 0.419. The number of benzene rings is 2. The van der Waals surface area contributed by atoms with Gasteiger partial charge in [0, 0.05) is 31.2 Å². The predicted molar refractivity (Wildman–Crippen MR) is 154 cm³/mol. The van der Waals surface area contributed by atoms with Crippen LogP contribution >= 0.6 is 0 Å². The van der Waals surface area contributed by atoms with Gasteiger partial charge in [-0.05, 0) is 67.6 Å². The van der Waals surface area contributed by atoms with Crippen LogP contribution in [-0.2, 0) is 0 Å². The van der Waals surface area contributed by atoms with Crippen LogP contribution in [0.4, 0.5) is 5.95 Å². The lowest BCUT2D eigenvalue weighted by atomic mass is 9.88. The first-order valence-electron chi connectivity index (χ1n) is 14.3. The van der Waals surface area contributed by atoms with E-state index in [0.29, 0.717) is 34.8 Å². The number of carbonyl (C=O) groups excluding carboxylic acids is 2. The molecule has 0 bridgehead atoms. The largest absolute Gasteiger partial charge is 0.352 e. The van der Waals surface area contributed by atoms with Gasteiger partial charge in [-0.2, -0.15) is 0 Å². The van der Waals surface area contributed by atoms with Crippen molar-refractivity contribution in [3.63, 3.8) is 0 Å². The predicted octanol–water partition coefficient (Wildman–Crippen LogP) is 5.39. The van der Waals surface area contributed by atoms with E-state index in [1.165, 1.54) is 51.6 Å². The fourth-order valence-electron chi connectivity index (χ4n) is 6.20. The first-order valence-corrected chi connectivity index (χ1v) is 14.3. The molecule has 1 saturated heterocycles. The highest BCUT2D eigenvalue weighted by Gasteiger charge is 2.24. The van der Waals surface area contributed by atoms with Crippen LogP contribution in [0.3, 0.4) is 0 Å². The Labute approximate surface area is 228 Å². The molecule has 2 aromatic heterocycles. The highest BCUT2D eigenvalue weighted by Crippen LogP contribution is 2.26. The van der Waals surface area contributed by atoms with Crippen molar-refractivity contribution in [2.75, 3.05) is 31.5 Å². The number of fused-ring (bicyclic) bond motifs is 2. The summed E-state index contributed by atoms with van der Waals surface area (Å²) in [5.74, 6) is 1.10. The molecule has 2 fully saturated rings. The number of aromatic amines is 1. The molecule has 2 amide bonds. The molecule has 39 heavy (non-hydrogen) atoms. The van der Waals surface area contributed by atoms with Crippen molar-refractivity contribution in [1.29, 1.82) is 0 Å². The van der Waals surface area contributed by atoms with Gasteiger partial charge in [0.25, 0.3) is 11.8 Å². The van der Waals surface area contributed by atoms with E-state index in [2.05, 4.69) is 30.5 Å². The number of hydrogen-bond donors (Lipinski definition) is 3. The molecule has 0 spiro atoms. The van der Waals surface area contributed by atoms with Crippen LogP contribution < -0.4 is 10.6 Å². The summed E-state index contributed by atoms with van der Waals surface area (Å²) in [4.78, 5) is 40.6. The second-order valence-corrected chi connectivity index (χ2v) is 11.1. The van der Waals surface area contributed by atoms with Crippen molar-refractivity contribution in [1.82, 2.24) is 25.2 Å². The van der Waals surface area contributed by atoms with E-state index in [1.807, 2.05) is 36.4 Å². The molecule has 2 aromatic carbocycles. The van der Waals surface area contributed by atoms with Gasteiger partial charge in [0.15, 0.2) is 0 Å². The number of anilines is 1. The lowest BCUT2D eigenvalue weighted by Gasteiger charge is -2.36. The number of pyridine rings is 1. The van der Waals surface area contributed by atoms with E-state index in [1.54, 1.807) is 18.3 Å². The van der Waals surface area contributed by atoms with Crippen LogP contribution in [0.15, 0.2) is 54.7 Å². The van der Waals surface area contributed by atoms with E-state index in [9.17, 15) is 9.59 Å². The monoisotopic (exact) mass is 524 g/mol. The molecule has 1 saturated carbocycles. The van der Waals surface area contributed by atoms with Crippen molar-refractivity contribution >= 4 is 39.6 Å². The summed E-state index contributed by atoms with van der Waals surface area (Å²) in [5, 5.41) is 7.87. The minimum absolute atomic E-state index is 0.134. The van der Waals surface area contributed by atoms with Gasteiger partial charge >= 0.3 is 0 Å². The Morgan fingerprint density at radius 1 is 0.923 bits per heavy atom. The molecule has 1 aliphatic heterocycles. The molecule has 8 nitrogen and oxygen atoms in total. The van der Waals surface area contributed by atoms with E-state index >= 15 is 0 Å². The third kappa shape index (κ3) is 5.96. The topological polar surface area (TPSA) is 103 Å². The Morgan fingerprint density at radius 3 is 2.62 bits per heavy atom. The zero-order valence-electron chi connectivity index (χ0n) is 22.3. The summed E-state index contributed by atoms with van der Waals surface area (Å²) in [6.45, 7) is 4.11. The third-order valence-corrected chi connectivity index (χ3v) is 8.25.